The van der Waals surface area contributed by atoms with Gasteiger partial charge in [-0.1, -0.05) is 6.07 Å². The lowest BCUT2D eigenvalue weighted by Crippen LogP contribution is -2.54. The van der Waals surface area contributed by atoms with E-state index in [2.05, 4.69) is 5.32 Å². The SMILES string of the molecule is O=C(Nc1ccc(F)cc1)N1CCN(C(=O)C2CCCN(S(=O)(=O)c3cccs3)C2)CC1. The summed E-state index contributed by atoms with van der Waals surface area (Å²) in [5.41, 5.74) is 0.504. The van der Waals surface area contributed by atoms with E-state index in [-0.39, 0.29) is 30.2 Å². The molecule has 1 N–H and O–H groups in total. The number of benzene rings is 1. The van der Waals surface area contributed by atoms with E-state index < -0.39 is 10.0 Å². The number of carbonyl (C=O) groups excluding carboxylic acids is 2. The van der Waals surface area contributed by atoms with Gasteiger partial charge in [0.2, 0.25) is 5.91 Å². The lowest BCUT2D eigenvalue weighted by molar-refractivity contribution is -0.138. The summed E-state index contributed by atoms with van der Waals surface area (Å²) in [7, 11) is -3.57. The molecule has 1 aromatic carbocycles. The molecular formula is C21H25FN4O4S2. The maximum atomic E-state index is 13.1. The smallest absolute Gasteiger partial charge is 0.321 e. The molecule has 2 aliphatic rings. The second-order valence-electron chi connectivity index (χ2n) is 7.88. The zero-order valence-electron chi connectivity index (χ0n) is 17.4. The number of amides is 3. The summed E-state index contributed by atoms with van der Waals surface area (Å²) in [6, 6.07) is 8.53. The van der Waals surface area contributed by atoms with Crippen LogP contribution in [0.5, 0.6) is 0 Å². The number of halogens is 1. The summed E-state index contributed by atoms with van der Waals surface area (Å²) in [6.07, 6.45) is 1.29. The standard InChI is InChI=1S/C21H25FN4O4S2/c22-17-5-7-18(8-6-17)23-21(28)25-12-10-24(11-13-25)20(27)16-3-1-9-26(15-16)32(29,30)19-4-2-14-31-19/h2,4-8,14,16H,1,3,9-13,15H2,(H,23,28). The van der Waals surface area contributed by atoms with Crippen molar-refractivity contribution in [2.24, 2.45) is 5.92 Å². The summed E-state index contributed by atoms with van der Waals surface area (Å²) >= 11 is 1.18. The minimum Gasteiger partial charge on any atom is -0.339 e. The van der Waals surface area contributed by atoms with E-state index in [0.717, 1.165) is 0 Å². The fraction of sp³-hybridized carbons (Fsp3) is 0.429. The van der Waals surface area contributed by atoms with Gasteiger partial charge in [0, 0.05) is 45.0 Å². The van der Waals surface area contributed by atoms with E-state index in [9.17, 15) is 22.4 Å². The van der Waals surface area contributed by atoms with Crippen molar-refractivity contribution in [3.8, 4) is 0 Å². The highest BCUT2D eigenvalue weighted by molar-refractivity contribution is 7.91. The first-order valence-corrected chi connectivity index (χ1v) is 12.8. The molecule has 0 aliphatic carbocycles. The molecule has 32 heavy (non-hydrogen) atoms. The lowest BCUT2D eigenvalue weighted by Gasteiger charge is -2.38. The van der Waals surface area contributed by atoms with Crippen molar-refractivity contribution in [2.75, 3.05) is 44.6 Å². The molecule has 0 saturated carbocycles. The molecule has 0 radical (unpaired) electrons. The summed E-state index contributed by atoms with van der Waals surface area (Å²) in [5.74, 6) is -0.813. The van der Waals surface area contributed by atoms with Crippen LogP contribution in [0.3, 0.4) is 0 Å². The van der Waals surface area contributed by atoms with Crippen molar-refractivity contribution in [1.82, 2.24) is 14.1 Å². The van der Waals surface area contributed by atoms with E-state index in [1.807, 2.05) is 0 Å². The fourth-order valence-corrected chi connectivity index (χ4v) is 6.69. The van der Waals surface area contributed by atoms with E-state index in [1.54, 1.807) is 27.3 Å². The molecule has 2 aromatic rings. The molecule has 172 valence electrons. The molecule has 2 saturated heterocycles. The van der Waals surface area contributed by atoms with Crippen LogP contribution in [0.2, 0.25) is 0 Å². The number of rotatable bonds is 4. The number of sulfonamides is 1. The van der Waals surface area contributed by atoms with Crippen molar-refractivity contribution in [2.45, 2.75) is 17.1 Å². The van der Waals surface area contributed by atoms with Gasteiger partial charge in [0.05, 0.1) is 5.92 Å². The minimum absolute atomic E-state index is 0.0605. The molecule has 1 aromatic heterocycles. The van der Waals surface area contributed by atoms with Gasteiger partial charge in [-0.2, -0.15) is 4.31 Å². The van der Waals surface area contributed by atoms with E-state index in [4.69, 9.17) is 0 Å². The highest BCUT2D eigenvalue weighted by Crippen LogP contribution is 2.27. The maximum absolute atomic E-state index is 13.1. The van der Waals surface area contributed by atoms with Gasteiger partial charge in [0.1, 0.15) is 10.0 Å². The quantitative estimate of drug-likeness (QED) is 0.729. The Morgan fingerprint density at radius 1 is 1.00 bits per heavy atom. The molecule has 1 unspecified atom stereocenters. The molecule has 2 aliphatic heterocycles. The van der Waals surface area contributed by atoms with E-state index in [0.29, 0.717) is 55.5 Å². The zero-order valence-corrected chi connectivity index (χ0v) is 19.1. The van der Waals surface area contributed by atoms with Gasteiger partial charge in [0.25, 0.3) is 10.0 Å². The van der Waals surface area contributed by atoms with Gasteiger partial charge >= 0.3 is 6.03 Å². The number of nitrogens with one attached hydrogen (secondary N) is 1. The minimum atomic E-state index is -3.57. The van der Waals surface area contributed by atoms with Gasteiger partial charge in [-0.05, 0) is 48.6 Å². The van der Waals surface area contributed by atoms with Gasteiger partial charge in [-0.3, -0.25) is 4.79 Å². The van der Waals surface area contributed by atoms with Crippen LogP contribution in [0, 0.1) is 11.7 Å². The molecule has 3 heterocycles. The largest absolute Gasteiger partial charge is 0.339 e. The van der Waals surface area contributed by atoms with Gasteiger partial charge in [-0.15, -0.1) is 11.3 Å². The molecule has 8 nitrogen and oxygen atoms in total. The van der Waals surface area contributed by atoms with Crippen molar-refractivity contribution >= 4 is 39.0 Å². The molecule has 4 rings (SSSR count). The number of nitrogens with zero attached hydrogens (tertiary/aromatic N) is 3. The molecular weight excluding hydrogens is 455 g/mol. The van der Waals surface area contributed by atoms with Crippen molar-refractivity contribution in [3.05, 3.63) is 47.6 Å². The van der Waals surface area contributed by atoms with Gasteiger partial charge < -0.3 is 15.1 Å². The first-order chi connectivity index (χ1) is 15.3. The Morgan fingerprint density at radius 2 is 1.69 bits per heavy atom. The molecule has 11 heteroatoms. The summed E-state index contributed by atoms with van der Waals surface area (Å²) in [5, 5.41) is 4.45. The number of anilines is 1. The normalized spacial score (nSPS) is 20.2. The summed E-state index contributed by atoms with van der Waals surface area (Å²) in [4.78, 5) is 28.8. The highest BCUT2D eigenvalue weighted by atomic mass is 32.2. The molecule has 0 bridgehead atoms. The molecule has 0 spiro atoms. The maximum Gasteiger partial charge on any atom is 0.321 e. The third-order valence-electron chi connectivity index (χ3n) is 5.80. The van der Waals surface area contributed by atoms with Crippen LogP contribution in [0.25, 0.3) is 0 Å². The van der Waals surface area contributed by atoms with Gasteiger partial charge in [0.15, 0.2) is 0 Å². The van der Waals surface area contributed by atoms with Crippen molar-refractivity contribution in [1.29, 1.82) is 0 Å². The second kappa shape index (κ2) is 9.55. The predicted molar refractivity (Wildman–Crippen MR) is 119 cm³/mol. The Balaban J connectivity index is 1.31. The number of thiophene rings is 1. The third-order valence-corrected chi connectivity index (χ3v) is 9.03. The molecule has 1 atom stereocenters. The number of piperidine rings is 1. The average molecular weight is 481 g/mol. The number of urea groups is 1. The van der Waals surface area contributed by atoms with Crippen molar-refractivity contribution in [3.63, 3.8) is 0 Å². The van der Waals surface area contributed by atoms with Gasteiger partial charge in [-0.25, -0.2) is 17.6 Å². The summed E-state index contributed by atoms with van der Waals surface area (Å²) < 4.78 is 40.4. The summed E-state index contributed by atoms with van der Waals surface area (Å²) in [6.45, 7) is 2.14. The van der Waals surface area contributed by atoms with Crippen LogP contribution >= 0.6 is 11.3 Å². The van der Waals surface area contributed by atoms with E-state index in [1.165, 1.54) is 39.9 Å². The Labute approximate surface area is 190 Å². The van der Waals surface area contributed by atoms with E-state index >= 15 is 0 Å². The highest BCUT2D eigenvalue weighted by Gasteiger charge is 2.36. The Kier molecular flexibility index (Phi) is 6.77. The Morgan fingerprint density at radius 3 is 2.34 bits per heavy atom. The van der Waals surface area contributed by atoms with Crippen LogP contribution in [0.15, 0.2) is 46.0 Å². The third kappa shape index (κ3) is 4.94. The van der Waals surface area contributed by atoms with Crippen LogP contribution in [0.4, 0.5) is 14.9 Å². The van der Waals surface area contributed by atoms with Crippen LogP contribution < -0.4 is 5.32 Å². The zero-order chi connectivity index (χ0) is 22.7. The lowest BCUT2D eigenvalue weighted by atomic mass is 9.98. The van der Waals surface area contributed by atoms with Crippen LogP contribution in [-0.4, -0.2) is 73.7 Å². The van der Waals surface area contributed by atoms with Crippen molar-refractivity contribution < 1.29 is 22.4 Å². The number of carbonyl (C=O) groups is 2. The predicted octanol–water partition coefficient (Wildman–Crippen LogP) is 2.66. The fourth-order valence-electron chi connectivity index (χ4n) is 4.02. The first kappa shape index (κ1) is 22.7. The Bertz CT molecular complexity index is 1050. The number of hydrogen-bond acceptors (Lipinski definition) is 5. The monoisotopic (exact) mass is 480 g/mol. The average Bonchev–Trinajstić information content (AvgIpc) is 3.36. The topological polar surface area (TPSA) is 90.0 Å². The van der Waals surface area contributed by atoms with Crippen LogP contribution in [-0.2, 0) is 14.8 Å². The van der Waals surface area contributed by atoms with Crippen LogP contribution in [0.1, 0.15) is 12.8 Å². The number of hydrogen-bond donors (Lipinski definition) is 1. The first-order valence-electron chi connectivity index (χ1n) is 10.5. The molecule has 3 amide bonds. The second-order valence-corrected chi connectivity index (χ2v) is 11.0. The molecule has 2 fully saturated rings. The number of piperazine rings is 1. The Hall–Kier alpha value is -2.50.